The number of carboxylic acids is 1. The highest BCUT2D eigenvalue weighted by Crippen LogP contribution is 2.68. The van der Waals surface area contributed by atoms with Crippen LogP contribution in [-0.2, 0) is 73.2 Å². The van der Waals surface area contributed by atoms with E-state index in [0.717, 1.165) is 5.56 Å². The molecule has 0 radical (unpaired) electrons. The Balaban J connectivity index is 0.922. The number of ether oxygens (including phenoxy) is 8. The first-order valence-electron chi connectivity index (χ1n) is 32.4. The molecule has 3 aromatic carbocycles. The Morgan fingerprint density at radius 1 is 0.838 bits per heavy atom. The van der Waals surface area contributed by atoms with Crippen molar-refractivity contribution in [2.45, 2.75) is 179 Å². The number of ketones is 1. The van der Waals surface area contributed by atoms with Crippen molar-refractivity contribution >= 4 is 76.5 Å². The highest BCUT2D eigenvalue weighted by Gasteiger charge is 2.82. The summed E-state index contributed by atoms with van der Waals surface area (Å²) in [6, 6.07) is 19.4. The summed E-state index contributed by atoms with van der Waals surface area (Å²) in [5.74, 6) is -9.01. The van der Waals surface area contributed by atoms with E-state index in [9.17, 15) is 48.9 Å². The predicted molar refractivity (Wildman–Crippen MR) is 352 cm³/mol. The van der Waals surface area contributed by atoms with Crippen LogP contribution >= 0.6 is 0 Å². The number of methoxy groups -OCH3 is 2. The number of aromatic hydroxyl groups is 1. The second kappa shape index (κ2) is 29.4. The van der Waals surface area contributed by atoms with E-state index in [4.69, 9.17) is 43.6 Å². The lowest BCUT2D eigenvalue weighted by Crippen LogP contribution is -2.85. The number of aliphatic hydroxyl groups is 1. The Hall–Kier alpha value is -9.71. The van der Waals surface area contributed by atoms with Gasteiger partial charge in [-0.2, -0.15) is 9.97 Å². The summed E-state index contributed by atoms with van der Waals surface area (Å²) in [6.07, 6.45) is -7.96. The number of carboxylic acid groups (broad SMARTS) is 1. The number of nitrogens with two attached hydrogens (primary N) is 1. The van der Waals surface area contributed by atoms with Crippen LogP contribution in [0.25, 0.3) is 11.2 Å². The monoisotopic (exact) mass is 1370 g/mol. The number of unbranched alkanes of at least 4 members (excludes halogenated alkanes) is 1. The van der Waals surface area contributed by atoms with Gasteiger partial charge in [0.2, 0.25) is 23.8 Å². The summed E-state index contributed by atoms with van der Waals surface area (Å²) in [5.41, 5.74) is -3.79. The van der Waals surface area contributed by atoms with E-state index in [0.29, 0.717) is 5.82 Å². The van der Waals surface area contributed by atoms with Gasteiger partial charge in [0.15, 0.2) is 22.5 Å². The van der Waals surface area contributed by atoms with Crippen LogP contribution in [0.5, 0.6) is 5.88 Å². The van der Waals surface area contributed by atoms with Gasteiger partial charge < -0.3 is 80.2 Å². The molecule has 29 heteroatoms. The maximum Gasteiger partial charge on any atom is 0.408 e. The van der Waals surface area contributed by atoms with E-state index < -0.39 is 160 Å². The van der Waals surface area contributed by atoms with Gasteiger partial charge >= 0.3 is 35.9 Å². The molecule has 5 aromatic rings. The van der Waals surface area contributed by atoms with E-state index in [1.807, 2.05) is 0 Å². The van der Waals surface area contributed by atoms with Crippen molar-refractivity contribution in [3.8, 4) is 5.88 Å². The molecule has 0 spiro atoms. The number of nitrogens with zero attached hydrogens (tertiary/aromatic N) is 4. The molecular formula is C70H85N9O20. The van der Waals surface area contributed by atoms with Crippen LogP contribution in [0.4, 0.5) is 16.6 Å². The smallest absolute Gasteiger partial charge is 0.408 e. The summed E-state index contributed by atoms with van der Waals surface area (Å²) in [7, 11) is 2.70. The molecule has 2 bridgehead atoms. The van der Waals surface area contributed by atoms with Crippen LogP contribution in [0, 0.1) is 16.7 Å². The average molecular weight is 1370 g/mol. The van der Waals surface area contributed by atoms with Crippen molar-refractivity contribution in [1.82, 2.24) is 35.9 Å². The minimum atomic E-state index is -2.45. The number of fused-ring (bicyclic) bond motifs is 6. The van der Waals surface area contributed by atoms with Crippen molar-refractivity contribution in [2.24, 2.45) is 16.7 Å². The first-order chi connectivity index (χ1) is 46.7. The van der Waals surface area contributed by atoms with Crippen molar-refractivity contribution < 1.29 is 96.4 Å². The molecule has 1 saturated heterocycles. The van der Waals surface area contributed by atoms with Gasteiger partial charge in [-0.3, -0.25) is 24.0 Å². The van der Waals surface area contributed by atoms with Crippen LogP contribution in [0.2, 0.25) is 0 Å². The summed E-state index contributed by atoms with van der Waals surface area (Å²) in [6.45, 7) is 13.9. The number of aliphatic carboxylic acids is 1. The zero-order valence-corrected chi connectivity index (χ0v) is 57.0. The number of alkyl carbamates (subject to hydrolysis) is 1. The van der Waals surface area contributed by atoms with E-state index in [-0.39, 0.29) is 90.3 Å². The van der Waals surface area contributed by atoms with E-state index in [2.05, 4.69) is 41.2 Å². The lowest BCUT2D eigenvalue weighted by atomic mass is 9.41. The number of hydrogen-bond donors (Lipinski definition) is 8. The van der Waals surface area contributed by atoms with Crippen LogP contribution < -0.4 is 27.0 Å². The fourth-order valence-electron chi connectivity index (χ4n) is 14.6. The number of rotatable bonds is 25. The van der Waals surface area contributed by atoms with E-state index in [1.54, 1.807) is 109 Å². The van der Waals surface area contributed by atoms with Gasteiger partial charge in [0.1, 0.15) is 53.0 Å². The number of benzene rings is 3. The van der Waals surface area contributed by atoms with Gasteiger partial charge in [0, 0.05) is 64.5 Å². The number of nitrogens with one attached hydrogen (secondary N) is 4. The van der Waals surface area contributed by atoms with Crippen molar-refractivity contribution in [1.29, 1.82) is 0 Å². The number of hydrogen-bond acceptors (Lipinski definition) is 25. The van der Waals surface area contributed by atoms with E-state index in [1.165, 1.54) is 58.5 Å². The zero-order valence-electron chi connectivity index (χ0n) is 57.0. The van der Waals surface area contributed by atoms with Crippen LogP contribution in [0.3, 0.4) is 0 Å². The number of amides is 3. The van der Waals surface area contributed by atoms with Gasteiger partial charge in [-0.25, -0.2) is 29.1 Å². The first-order valence-corrected chi connectivity index (χ1v) is 32.4. The third-order valence-corrected chi connectivity index (χ3v) is 19.3. The van der Waals surface area contributed by atoms with Gasteiger partial charge in [-0.15, -0.1) is 0 Å². The Bertz CT molecular complexity index is 3930. The SMILES string of the molecule is CO[C@H]1C(=O)[C@]2(C)[C@@H](OC)C[C@H]3OC[C@@]3(OC(C)=O)[C@H]2[C@@](C)(OC(=O)c2ccccc2)[C@]2(O)C[C@H](OC(=O)[C@H](OC(=O)CCC(=O)NCCCC[C@H](NC(=O)c3ccc(CNc4cnc5nc(N)nc(O)c5n4)cc3)C(=O)O)[C@@H](NC(=O)OC(C)(C)C)c3ccccc3)C(C)=C1C2(C)C. The summed E-state index contributed by atoms with van der Waals surface area (Å²) in [4.78, 5) is 143. The molecule has 99 heavy (non-hydrogen) atoms. The maximum absolute atomic E-state index is 16.1. The quantitative estimate of drug-likeness (QED) is 0.0142. The minimum Gasteiger partial charge on any atom is -0.492 e. The molecule has 3 amide bonds. The van der Waals surface area contributed by atoms with Crippen molar-refractivity contribution in [2.75, 3.05) is 38.4 Å². The average Bonchev–Trinajstić information content (AvgIpc) is 0.657. The molecule has 3 aliphatic carbocycles. The predicted octanol–water partition coefficient (Wildman–Crippen LogP) is 6.09. The lowest BCUT2D eigenvalue weighted by Gasteiger charge is -2.71. The Morgan fingerprint density at radius 2 is 1.52 bits per heavy atom. The molecule has 9 N–H and O–H groups in total. The molecule has 530 valence electrons. The number of nitrogen functional groups attached to an aromatic ring is 1. The highest BCUT2D eigenvalue weighted by molar-refractivity contribution is 5.97. The molecule has 3 heterocycles. The molecule has 2 aromatic heterocycles. The fourth-order valence-corrected chi connectivity index (χ4v) is 14.6. The molecule has 4 aliphatic rings. The third kappa shape index (κ3) is 15.0. The largest absolute Gasteiger partial charge is 0.492 e. The summed E-state index contributed by atoms with van der Waals surface area (Å²) < 4.78 is 49.8. The lowest BCUT2D eigenvalue weighted by molar-refractivity contribution is -0.367. The molecule has 9 rings (SSSR count). The second-order valence-electron chi connectivity index (χ2n) is 27.1. The highest BCUT2D eigenvalue weighted by atomic mass is 16.6. The van der Waals surface area contributed by atoms with Gasteiger partial charge in [0.05, 0.1) is 42.2 Å². The number of anilines is 2. The molecule has 3 fully saturated rings. The van der Waals surface area contributed by atoms with Crippen LogP contribution in [0.1, 0.15) is 145 Å². The Labute approximate surface area is 571 Å². The summed E-state index contributed by atoms with van der Waals surface area (Å²) >= 11 is 0. The maximum atomic E-state index is 16.1. The number of carbonyl (C=O) groups is 9. The molecule has 0 unspecified atom stereocenters. The number of carbonyl (C=O) groups excluding carboxylic acids is 8. The molecular weight excluding hydrogens is 1290 g/mol. The Morgan fingerprint density at radius 3 is 2.13 bits per heavy atom. The topological polar surface area (TPSA) is 414 Å². The van der Waals surface area contributed by atoms with Gasteiger partial charge in [0.25, 0.3) is 5.91 Å². The van der Waals surface area contributed by atoms with Crippen LogP contribution in [-0.4, -0.2) is 175 Å². The normalized spacial score (nSPS) is 25.4. The molecule has 1 aliphatic heterocycles. The number of aromatic nitrogens is 4. The van der Waals surface area contributed by atoms with E-state index >= 15 is 9.59 Å². The van der Waals surface area contributed by atoms with Crippen molar-refractivity contribution in [3.05, 3.63) is 125 Å². The minimum absolute atomic E-state index is 0.00923. The second-order valence-corrected chi connectivity index (χ2v) is 27.1. The van der Waals surface area contributed by atoms with Gasteiger partial charge in [-0.1, -0.05) is 74.5 Å². The Kier molecular flexibility index (Phi) is 21.8. The molecule has 12 atom stereocenters. The molecule has 29 nitrogen and oxygen atoms in total. The van der Waals surface area contributed by atoms with Gasteiger partial charge in [-0.05, 0) is 107 Å². The first kappa shape index (κ1) is 73.5. The van der Waals surface area contributed by atoms with Crippen LogP contribution in [0.15, 0.2) is 102 Å². The standard InChI is InChI=1S/C70H85N9O20/c1-37-44(33-70(91)66(6,7)50(37)53(93-11)55(83)67(8)45(92-10)32-46-69(36-94-46,97-38(2)80)62(67)68(70,9)98-60(88)42-22-16-13-17-23-42)95-61(89)54(51(40-20-14-12-15-21-40)77-64(90)99-65(3,4)5)96-49(82)30-29-48(81)72-31-19-18-24-43(59(86)87)75-57(84)41-27-25-39(26-28-41)34-73-47-35-74-56-52(76-47)58(85)79-63(71)78-56/h12-17,20-23,25-28,35,43-46,51,53-54,62,91H,18-19,24,29-34,36H2,1-11H3,(H,72,81)(H,73,76)(H,75,84)(H,77,90)(H,86,87)(H3,71,74,78,79,85)/t43-,44-,45-,46+,51-,53+,54+,62+,67-,68+,69-,70-/m0/s1. The summed E-state index contributed by atoms with van der Waals surface area (Å²) in [5, 5.41) is 45.5. The zero-order chi connectivity index (χ0) is 72.2. The number of Topliss-reactive ketones (excluding diaryl/α,β-unsaturated/α-hetero) is 1. The fraction of sp³-hybridized carbons (Fsp3) is 0.500. The van der Waals surface area contributed by atoms with Crippen molar-refractivity contribution in [3.63, 3.8) is 0 Å². The molecule has 2 saturated carbocycles. The third-order valence-electron chi connectivity index (χ3n) is 19.3. The number of esters is 4.